The second-order valence-corrected chi connectivity index (χ2v) is 7.54. The maximum absolute atomic E-state index is 12.6. The Hall–Kier alpha value is -0.220. The average Bonchev–Trinajstić information content (AvgIpc) is 2.49. The van der Waals surface area contributed by atoms with E-state index in [1.54, 1.807) is 0 Å². The second-order valence-electron chi connectivity index (χ2n) is 6.31. The highest BCUT2D eigenvalue weighted by Crippen LogP contribution is 2.26. The Morgan fingerprint density at radius 1 is 1.25 bits per heavy atom. The summed E-state index contributed by atoms with van der Waals surface area (Å²) in [6.45, 7) is 6.33. The molecule has 2 fully saturated rings. The van der Waals surface area contributed by atoms with Crippen molar-refractivity contribution in [1.82, 2.24) is 10.2 Å². The summed E-state index contributed by atoms with van der Waals surface area (Å²) in [5.74, 6) is 4.22. The Morgan fingerprint density at radius 3 is 2.70 bits per heavy atom. The van der Waals surface area contributed by atoms with Gasteiger partial charge in [0.2, 0.25) is 5.91 Å². The van der Waals surface area contributed by atoms with Gasteiger partial charge in [-0.05, 0) is 68.5 Å². The van der Waals surface area contributed by atoms with Crippen LogP contribution in [0, 0.1) is 11.8 Å². The van der Waals surface area contributed by atoms with E-state index in [2.05, 4.69) is 17.1 Å². The molecule has 0 aromatic rings. The minimum Gasteiger partial charge on any atom is -0.342 e. The summed E-state index contributed by atoms with van der Waals surface area (Å²) in [6.07, 6.45) is 6.88. The van der Waals surface area contributed by atoms with Crippen molar-refractivity contribution in [2.24, 2.45) is 11.8 Å². The number of nitrogens with one attached hydrogen (secondary N) is 1. The summed E-state index contributed by atoms with van der Waals surface area (Å²) in [5, 5.41) is 3.46. The fourth-order valence-corrected chi connectivity index (χ4v) is 4.51. The van der Waals surface area contributed by atoms with Crippen molar-refractivity contribution < 1.29 is 4.79 Å². The molecule has 2 aliphatic rings. The molecule has 20 heavy (non-hydrogen) atoms. The number of carbonyl (C=O) groups is 1. The molecular weight excluding hydrogens is 268 g/mol. The van der Waals surface area contributed by atoms with Gasteiger partial charge in [-0.1, -0.05) is 6.92 Å². The van der Waals surface area contributed by atoms with Gasteiger partial charge in [-0.25, -0.2) is 0 Å². The fraction of sp³-hybridized carbons (Fsp3) is 0.938. The van der Waals surface area contributed by atoms with Gasteiger partial charge < -0.3 is 10.2 Å². The van der Waals surface area contributed by atoms with E-state index in [4.69, 9.17) is 0 Å². The first-order chi connectivity index (χ1) is 9.79. The monoisotopic (exact) mass is 298 g/mol. The molecule has 0 aliphatic carbocycles. The zero-order valence-electron chi connectivity index (χ0n) is 12.9. The predicted octanol–water partition coefficient (Wildman–Crippen LogP) is 2.76. The minimum absolute atomic E-state index is 0.411. The van der Waals surface area contributed by atoms with Gasteiger partial charge in [0, 0.05) is 19.5 Å². The van der Waals surface area contributed by atoms with Crippen LogP contribution >= 0.6 is 11.8 Å². The van der Waals surface area contributed by atoms with Gasteiger partial charge in [0.1, 0.15) is 0 Å². The molecule has 2 aliphatic heterocycles. The molecule has 0 spiro atoms. The van der Waals surface area contributed by atoms with Crippen molar-refractivity contribution in [1.29, 1.82) is 0 Å². The van der Waals surface area contributed by atoms with Crippen molar-refractivity contribution in [3.05, 3.63) is 0 Å². The SMILES string of the molecule is CCCN(CC1CCCNC1)C(=O)CC1CCSCC1. The molecule has 1 unspecified atom stereocenters. The third-order valence-corrected chi connectivity index (χ3v) is 5.58. The molecule has 2 saturated heterocycles. The molecule has 2 heterocycles. The number of hydrogen-bond donors (Lipinski definition) is 1. The van der Waals surface area contributed by atoms with Gasteiger partial charge in [0.05, 0.1) is 0 Å². The summed E-state index contributed by atoms with van der Waals surface area (Å²) in [6, 6.07) is 0. The van der Waals surface area contributed by atoms with Crippen LogP contribution in [0.15, 0.2) is 0 Å². The van der Waals surface area contributed by atoms with Gasteiger partial charge >= 0.3 is 0 Å². The topological polar surface area (TPSA) is 32.3 Å². The van der Waals surface area contributed by atoms with E-state index in [0.29, 0.717) is 17.7 Å². The van der Waals surface area contributed by atoms with Crippen molar-refractivity contribution >= 4 is 17.7 Å². The first-order valence-corrected chi connectivity index (χ1v) is 9.51. The lowest BCUT2D eigenvalue weighted by molar-refractivity contribution is -0.133. The van der Waals surface area contributed by atoms with Gasteiger partial charge in [-0.15, -0.1) is 0 Å². The summed E-state index contributed by atoms with van der Waals surface area (Å²) in [4.78, 5) is 14.7. The largest absolute Gasteiger partial charge is 0.342 e. The lowest BCUT2D eigenvalue weighted by Gasteiger charge is -2.31. The third kappa shape index (κ3) is 5.28. The highest BCUT2D eigenvalue weighted by atomic mass is 32.2. The number of piperidine rings is 1. The van der Waals surface area contributed by atoms with Crippen LogP contribution in [0.3, 0.4) is 0 Å². The zero-order valence-corrected chi connectivity index (χ0v) is 13.7. The molecule has 1 amide bonds. The van der Waals surface area contributed by atoms with Crippen LogP contribution in [0.5, 0.6) is 0 Å². The van der Waals surface area contributed by atoms with E-state index in [9.17, 15) is 4.79 Å². The first-order valence-electron chi connectivity index (χ1n) is 8.35. The Bertz CT molecular complexity index is 286. The van der Waals surface area contributed by atoms with Crippen molar-refractivity contribution in [2.45, 2.75) is 45.4 Å². The molecule has 3 nitrogen and oxygen atoms in total. The van der Waals surface area contributed by atoms with E-state index < -0.39 is 0 Å². The predicted molar refractivity (Wildman–Crippen MR) is 87.1 cm³/mol. The van der Waals surface area contributed by atoms with Crippen LogP contribution in [0.25, 0.3) is 0 Å². The van der Waals surface area contributed by atoms with Gasteiger partial charge in [-0.3, -0.25) is 4.79 Å². The quantitative estimate of drug-likeness (QED) is 0.818. The Labute approximate surface area is 128 Å². The second kappa shape index (κ2) is 8.93. The average molecular weight is 298 g/mol. The molecule has 0 bridgehead atoms. The Morgan fingerprint density at radius 2 is 2.05 bits per heavy atom. The maximum atomic E-state index is 12.6. The van der Waals surface area contributed by atoms with Crippen LogP contribution in [0.4, 0.5) is 0 Å². The smallest absolute Gasteiger partial charge is 0.222 e. The highest BCUT2D eigenvalue weighted by Gasteiger charge is 2.23. The lowest BCUT2D eigenvalue weighted by atomic mass is 9.96. The van der Waals surface area contributed by atoms with Gasteiger partial charge in [0.25, 0.3) is 0 Å². The number of thioether (sulfide) groups is 1. The molecule has 1 atom stereocenters. The molecule has 4 heteroatoms. The zero-order chi connectivity index (χ0) is 14.2. The van der Waals surface area contributed by atoms with Crippen LogP contribution in [0.2, 0.25) is 0 Å². The summed E-state index contributed by atoms with van der Waals surface area (Å²) in [7, 11) is 0. The Kier molecular flexibility index (Phi) is 7.22. The summed E-state index contributed by atoms with van der Waals surface area (Å²) in [5.41, 5.74) is 0. The normalized spacial score (nSPS) is 24.6. The van der Waals surface area contributed by atoms with Crippen LogP contribution in [0.1, 0.15) is 45.4 Å². The molecule has 0 aromatic heterocycles. The first kappa shape index (κ1) is 16.2. The number of amides is 1. The van der Waals surface area contributed by atoms with Crippen LogP contribution in [-0.2, 0) is 4.79 Å². The number of nitrogens with zero attached hydrogens (tertiary/aromatic N) is 1. The highest BCUT2D eigenvalue weighted by molar-refractivity contribution is 7.99. The maximum Gasteiger partial charge on any atom is 0.222 e. The lowest BCUT2D eigenvalue weighted by Crippen LogP contribution is -2.42. The Balaban J connectivity index is 1.80. The van der Waals surface area contributed by atoms with Crippen LogP contribution in [-0.4, -0.2) is 48.5 Å². The molecule has 0 aromatic carbocycles. The number of hydrogen-bond acceptors (Lipinski definition) is 3. The van der Waals surface area contributed by atoms with Crippen molar-refractivity contribution in [3.63, 3.8) is 0 Å². The van der Waals surface area contributed by atoms with E-state index in [1.165, 1.54) is 37.2 Å². The molecule has 1 N–H and O–H groups in total. The van der Waals surface area contributed by atoms with E-state index >= 15 is 0 Å². The van der Waals surface area contributed by atoms with Crippen LogP contribution < -0.4 is 5.32 Å². The third-order valence-electron chi connectivity index (χ3n) is 4.53. The minimum atomic E-state index is 0.411. The number of carbonyl (C=O) groups excluding carboxylic acids is 1. The van der Waals surface area contributed by atoms with Gasteiger partial charge in [-0.2, -0.15) is 11.8 Å². The van der Waals surface area contributed by atoms with Crippen molar-refractivity contribution in [2.75, 3.05) is 37.7 Å². The standard InChI is InChI=1S/C16H30N2OS/c1-2-8-18(13-15-4-3-7-17-12-15)16(19)11-14-5-9-20-10-6-14/h14-15,17H,2-13H2,1H3. The summed E-state index contributed by atoms with van der Waals surface area (Å²) >= 11 is 2.04. The van der Waals surface area contributed by atoms with E-state index in [0.717, 1.165) is 39.0 Å². The van der Waals surface area contributed by atoms with E-state index in [-0.39, 0.29) is 0 Å². The van der Waals surface area contributed by atoms with Gasteiger partial charge in [0.15, 0.2) is 0 Å². The fourth-order valence-electron chi connectivity index (χ4n) is 3.31. The molecule has 0 radical (unpaired) electrons. The van der Waals surface area contributed by atoms with Crippen molar-refractivity contribution in [3.8, 4) is 0 Å². The molecule has 116 valence electrons. The molecule has 2 rings (SSSR count). The molecular formula is C16H30N2OS. The number of rotatable bonds is 6. The summed E-state index contributed by atoms with van der Waals surface area (Å²) < 4.78 is 0. The molecule has 0 saturated carbocycles. The van der Waals surface area contributed by atoms with E-state index in [1.807, 2.05) is 11.8 Å².